The summed E-state index contributed by atoms with van der Waals surface area (Å²) >= 11 is 0. The van der Waals surface area contributed by atoms with Gasteiger partial charge in [-0.05, 0) is 34.5 Å². The van der Waals surface area contributed by atoms with E-state index in [0.29, 0.717) is 22.5 Å². The highest BCUT2D eigenvalue weighted by Crippen LogP contribution is 2.32. The highest BCUT2D eigenvalue weighted by Gasteiger charge is 2.30. The monoisotopic (exact) mass is 290 g/mol. The van der Waals surface area contributed by atoms with E-state index in [-0.39, 0.29) is 0 Å². The molecule has 2 aromatic carbocycles. The van der Waals surface area contributed by atoms with Gasteiger partial charge in [-0.2, -0.15) is 18.4 Å². The Morgan fingerprint density at radius 3 is 2.19 bits per heavy atom. The van der Waals surface area contributed by atoms with Gasteiger partial charge in [0.2, 0.25) is 5.82 Å². The van der Waals surface area contributed by atoms with E-state index in [4.69, 9.17) is 0 Å². The van der Waals surface area contributed by atoms with E-state index in [1.807, 2.05) is 0 Å². The summed E-state index contributed by atoms with van der Waals surface area (Å²) in [5.74, 6) is 0.392. The van der Waals surface area contributed by atoms with Crippen LogP contribution in [0.4, 0.5) is 13.2 Å². The standard InChI is InChI=1S/C14H9F3N4/c15-14(16,17)12-6-2-4-10(8-12)9-3-1-5-11(7-9)13-18-20-21-19-13/h1-8H,(H,18,19,20,21). The molecule has 1 aromatic heterocycles. The Morgan fingerprint density at radius 1 is 0.857 bits per heavy atom. The molecule has 0 saturated heterocycles. The predicted molar refractivity (Wildman–Crippen MR) is 70.1 cm³/mol. The smallest absolute Gasteiger partial charge is 0.177 e. The van der Waals surface area contributed by atoms with Crippen LogP contribution in [0.2, 0.25) is 0 Å². The van der Waals surface area contributed by atoms with E-state index in [0.717, 1.165) is 12.1 Å². The molecule has 0 spiro atoms. The minimum absolute atomic E-state index is 0.392. The maximum atomic E-state index is 12.8. The van der Waals surface area contributed by atoms with Gasteiger partial charge in [-0.25, -0.2) is 0 Å². The summed E-state index contributed by atoms with van der Waals surface area (Å²) < 4.78 is 38.3. The van der Waals surface area contributed by atoms with E-state index in [2.05, 4.69) is 20.6 Å². The molecule has 0 aliphatic heterocycles. The maximum absolute atomic E-state index is 12.8. The van der Waals surface area contributed by atoms with Crippen molar-refractivity contribution in [3.8, 4) is 22.5 Å². The number of nitrogens with one attached hydrogen (secondary N) is 1. The molecule has 7 heteroatoms. The lowest BCUT2D eigenvalue weighted by Gasteiger charge is -2.09. The van der Waals surface area contributed by atoms with Gasteiger partial charge >= 0.3 is 6.18 Å². The third-order valence-corrected chi connectivity index (χ3v) is 2.99. The van der Waals surface area contributed by atoms with Gasteiger partial charge < -0.3 is 0 Å². The number of H-pyrrole nitrogens is 1. The number of aromatic amines is 1. The number of rotatable bonds is 2. The lowest BCUT2D eigenvalue weighted by Crippen LogP contribution is -2.04. The van der Waals surface area contributed by atoms with E-state index >= 15 is 0 Å². The molecule has 3 rings (SSSR count). The van der Waals surface area contributed by atoms with Gasteiger partial charge in [-0.15, -0.1) is 10.2 Å². The van der Waals surface area contributed by atoms with Crippen molar-refractivity contribution in [2.75, 3.05) is 0 Å². The zero-order valence-electron chi connectivity index (χ0n) is 10.6. The fourth-order valence-corrected chi connectivity index (χ4v) is 2.00. The predicted octanol–water partition coefficient (Wildman–Crippen LogP) is 3.55. The quantitative estimate of drug-likeness (QED) is 0.785. The van der Waals surface area contributed by atoms with Crippen LogP contribution in [-0.2, 0) is 6.18 Å². The van der Waals surface area contributed by atoms with Crippen LogP contribution in [0, 0.1) is 0 Å². The molecule has 0 aliphatic rings. The van der Waals surface area contributed by atoms with Crippen molar-refractivity contribution in [2.45, 2.75) is 6.18 Å². The highest BCUT2D eigenvalue weighted by molar-refractivity contribution is 5.70. The first-order valence-corrected chi connectivity index (χ1v) is 6.05. The molecular formula is C14H9F3N4. The second-order valence-electron chi connectivity index (χ2n) is 4.39. The number of benzene rings is 2. The SMILES string of the molecule is FC(F)(F)c1cccc(-c2cccc(-c3nn[nH]n3)c2)c1. The van der Waals surface area contributed by atoms with E-state index in [9.17, 15) is 13.2 Å². The second kappa shape index (κ2) is 5.01. The van der Waals surface area contributed by atoms with Crippen LogP contribution in [0.25, 0.3) is 22.5 Å². The maximum Gasteiger partial charge on any atom is 0.416 e. The fraction of sp³-hybridized carbons (Fsp3) is 0.0714. The van der Waals surface area contributed by atoms with Gasteiger partial charge in [-0.3, -0.25) is 0 Å². The molecule has 0 aliphatic carbocycles. The first-order valence-electron chi connectivity index (χ1n) is 6.05. The van der Waals surface area contributed by atoms with Crippen molar-refractivity contribution in [2.24, 2.45) is 0 Å². The number of hydrogen-bond acceptors (Lipinski definition) is 3. The molecule has 1 heterocycles. The third-order valence-electron chi connectivity index (χ3n) is 2.99. The average Bonchev–Trinajstić information content (AvgIpc) is 3.01. The minimum atomic E-state index is -4.36. The van der Waals surface area contributed by atoms with Gasteiger partial charge in [0.15, 0.2) is 0 Å². The molecule has 0 unspecified atom stereocenters. The van der Waals surface area contributed by atoms with Crippen LogP contribution in [0.1, 0.15) is 5.56 Å². The molecule has 0 atom stereocenters. The summed E-state index contributed by atoms with van der Waals surface area (Å²) in [4.78, 5) is 0. The Hall–Kier alpha value is -2.70. The summed E-state index contributed by atoms with van der Waals surface area (Å²) in [5.41, 5.74) is 1.14. The summed E-state index contributed by atoms with van der Waals surface area (Å²) in [7, 11) is 0. The second-order valence-corrected chi connectivity index (χ2v) is 4.39. The number of hydrogen-bond donors (Lipinski definition) is 1. The zero-order chi connectivity index (χ0) is 14.9. The summed E-state index contributed by atoms with van der Waals surface area (Å²) in [5, 5.41) is 13.5. The van der Waals surface area contributed by atoms with E-state index in [1.165, 1.54) is 6.07 Å². The lowest BCUT2D eigenvalue weighted by molar-refractivity contribution is -0.137. The average molecular weight is 290 g/mol. The first kappa shape index (κ1) is 13.3. The van der Waals surface area contributed by atoms with Crippen LogP contribution < -0.4 is 0 Å². The van der Waals surface area contributed by atoms with Crippen LogP contribution in [0.15, 0.2) is 48.5 Å². The molecule has 0 fully saturated rings. The van der Waals surface area contributed by atoms with Crippen LogP contribution in [0.3, 0.4) is 0 Å². The van der Waals surface area contributed by atoms with Gasteiger partial charge in [0.1, 0.15) is 0 Å². The number of alkyl halides is 3. The van der Waals surface area contributed by atoms with Crippen LogP contribution in [-0.4, -0.2) is 20.6 Å². The van der Waals surface area contributed by atoms with Crippen molar-refractivity contribution in [3.05, 3.63) is 54.1 Å². The molecule has 0 saturated carbocycles. The number of nitrogens with zero attached hydrogens (tertiary/aromatic N) is 3. The number of tetrazole rings is 1. The first-order chi connectivity index (χ1) is 10.0. The van der Waals surface area contributed by atoms with Gasteiger partial charge in [-0.1, -0.05) is 30.3 Å². The fourth-order valence-electron chi connectivity index (χ4n) is 2.00. The highest BCUT2D eigenvalue weighted by atomic mass is 19.4. The van der Waals surface area contributed by atoms with Crippen molar-refractivity contribution in [1.29, 1.82) is 0 Å². The summed E-state index contributed by atoms with van der Waals surface area (Å²) in [6.07, 6.45) is -4.36. The normalized spacial score (nSPS) is 11.6. The molecule has 3 aromatic rings. The molecule has 106 valence electrons. The Labute approximate surface area is 117 Å². The van der Waals surface area contributed by atoms with Gasteiger partial charge in [0.25, 0.3) is 0 Å². The van der Waals surface area contributed by atoms with Crippen molar-refractivity contribution < 1.29 is 13.2 Å². The van der Waals surface area contributed by atoms with Crippen molar-refractivity contribution in [1.82, 2.24) is 20.6 Å². The molecule has 21 heavy (non-hydrogen) atoms. The molecular weight excluding hydrogens is 281 g/mol. The van der Waals surface area contributed by atoms with Gasteiger partial charge in [0.05, 0.1) is 5.56 Å². The summed E-state index contributed by atoms with van der Waals surface area (Å²) in [6.45, 7) is 0. The Morgan fingerprint density at radius 2 is 1.52 bits per heavy atom. The largest absolute Gasteiger partial charge is 0.416 e. The lowest BCUT2D eigenvalue weighted by atomic mass is 10.0. The Bertz CT molecular complexity index is 751. The van der Waals surface area contributed by atoms with E-state index < -0.39 is 11.7 Å². The van der Waals surface area contributed by atoms with Crippen LogP contribution >= 0.6 is 0 Å². The number of aromatic nitrogens is 4. The number of halogens is 3. The van der Waals surface area contributed by atoms with Crippen molar-refractivity contribution in [3.63, 3.8) is 0 Å². The molecule has 0 amide bonds. The zero-order valence-corrected chi connectivity index (χ0v) is 10.6. The van der Waals surface area contributed by atoms with Crippen LogP contribution in [0.5, 0.6) is 0 Å². The third kappa shape index (κ3) is 2.76. The Balaban J connectivity index is 2.03. The Kier molecular flexibility index (Phi) is 3.17. The van der Waals surface area contributed by atoms with Gasteiger partial charge in [0, 0.05) is 5.56 Å². The molecule has 1 N–H and O–H groups in total. The van der Waals surface area contributed by atoms with Crippen molar-refractivity contribution >= 4 is 0 Å². The topological polar surface area (TPSA) is 54.5 Å². The molecule has 4 nitrogen and oxygen atoms in total. The molecule has 0 bridgehead atoms. The summed E-state index contributed by atoms with van der Waals surface area (Å²) in [6, 6.07) is 12.1. The molecule has 0 radical (unpaired) electrons. The minimum Gasteiger partial charge on any atom is -0.177 e. The van der Waals surface area contributed by atoms with E-state index in [1.54, 1.807) is 30.3 Å².